The van der Waals surface area contributed by atoms with E-state index in [1.54, 1.807) is 0 Å². The third-order valence-corrected chi connectivity index (χ3v) is 2.26. The number of anilines is 1. The Balaban J connectivity index is 2.38. The van der Waals surface area contributed by atoms with Gasteiger partial charge in [0, 0.05) is 5.56 Å². The fourth-order valence-corrected chi connectivity index (χ4v) is 1.64. The Morgan fingerprint density at radius 3 is 2.67 bits per heavy atom. The molecule has 6 heteroatoms. The van der Waals surface area contributed by atoms with Crippen molar-refractivity contribution >= 4 is 17.5 Å². The highest BCUT2D eigenvalue weighted by molar-refractivity contribution is 6.28. The van der Waals surface area contributed by atoms with Crippen LogP contribution in [0, 0.1) is 0 Å². The van der Waals surface area contributed by atoms with Gasteiger partial charge in [0.2, 0.25) is 11.2 Å². The van der Waals surface area contributed by atoms with Gasteiger partial charge in [0.15, 0.2) is 5.82 Å². The third-order valence-electron chi connectivity index (χ3n) is 2.09. The van der Waals surface area contributed by atoms with Crippen LogP contribution in [0.1, 0.15) is 13.8 Å². The largest absolute Gasteiger partial charge is 0.491 e. The minimum atomic E-state index is 0.0766. The van der Waals surface area contributed by atoms with Crippen molar-refractivity contribution in [3.8, 4) is 17.1 Å². The van der Waals surface area contributed by atoms with Gasteiger partial charge in [-0.1, -0.05) is 12.1 Å². The van der Waals surface area contributed by atoms with Gasteiger partial charge in [-0.3, -0.25) is 0 Å². The summed E-state index contributed by atoms with van der Waals surface area (Å²) >= 11 is 5.75. The van der Waals surface area contributed by atoms with Gasteiger partial charge in [0.1, 0.15) is 5.75 Å². The molecule has 0 saturated heterocycles. The molecule has 94 valence electrons. The Labute approximate surface area is 110 Å². The quantitative estimate of drug-likeness (QED) is 0.922. The topological polar surface area (TPSA) is 73.9 Å². The molecule has 2 rings (SSSR count). The van der Waals surface area contributed by atoms with Gasteiger partial charge in [-0.2, -0.15) is 15.0 Å². The lowest BCUT2D eigenvalue weighted by molar-refractivity contribution is 0.242. The molecule has 0 spiro atoms. The molecule has 2 N–H and O–H groups in total. The predicted molar refractivity (Wildman–Crippen MR) is 70.4 cm³/mol. The van der Waals surface area contributed by atoms with E-state index in [9.17, 15) is 0 Å². The number of nitrogens with zero attached hydrogens (tertiary/aromatic N) is 3. The Hall–Kier alpha value is -1.88. The van der Waals surface area contributed by atoms with Crippen LogP contribution < -0.4 is 10.5 Å². The third kappa shape index (κ3) is 3.07. The van der Waals surface area contributed by atoms with E-state index in [-0.39, 0.29) is 17.3 Å². The maximum Gasteiger partial charge on any atom is 0.227 e. The second kappa shape index (κ2) is 5.18. The molecule has 2 aromatic rings. The Morgan fingerprint density at radius 1 is 1.22 bits per heavy atom. The lowest BCUT2D eigenvalue weighted by atomic mass is 10.2. The van der Waals surface area contributed by atoms with Crippen molar-refractivity contribution in [3.63, 3.8) is 0 Å². The molecule has 1 aromatic carbocycles. The normalized spacial score (nSPS) is 10.7. The van der Waals surface area contributed by atoms with Crippen molar-refractivity contribution in [2.75, 3.05) is 5.73 Å². The smallest absolute Gasteiger partial charge is 0.227 e. The fraction of sp³-hybridized carbons (Fsp3) is 0.250. The summed E-state index contributed by atoms with van der Waals surface area (Å²) in [4.78, 5) is 11.8. The van der Waals surface area contributed by atoms with Gasteiger partial charge in [0.25, 0.3) is 0 Å². The Bertz CT molecular complexity index is 539. The van der Waals surface area contributed by atoms with Crippen molar-refractivity contribution in [3.05, 3.63) is 29.5 Å². The fourth-order valence-electron chi connectivity index (χ4n) is 1.48. The molecule has 0 aliphatic heterocycles. The van der Waals surface area contributed by atoms with Crippen molar-refractivity contribution in [1.82, 2.24) is 15.0 Å². The van der Waals surface area contributed by atoms with E-state index in [2.05, 4.69) is 15.0 Å². The second-order valence-corrected chi connectivity index (χ2v) is 4.32. The number of aromatic nitrogens is 3. The first kappa shape index (κ1) is 12.6. The summed E-state index contributed by atoms with van der Waals surface area (Å²) in [6.07, 6.45) is 0.104. The van der Waals surface area contributed by atoms with Crippen molar-refractivity contribution in [2.45, 2.75) is 20.0 Å². The highest BCUT2D eigenvalue weighted by Crippen LogP contribution is 2.22. The van der Waals surface area contributed by atoms with E-state index in [0.29, 0.717) is 5.82 Å². The average molecular weight is 265 g/mol. The zero-order valence-corrected chi connectivity index (χ0v) is 10.8. The van der Waals surface area contributed by atoms with Crippen LogP contribution in [-0.4, -0.2) is 21.1 Å². The monoisotopic (exact) mass is 264 g/mol. The molecule has 1 aromatic heterocycles. The summed E-state index contributed by atoms with van der Waals surface area (Å²) in [6, 6.07) is 7.43. The van der Waals surface area contributed by atoms with Gasteiger partial charge < -0.3 is 10.5 Å². The summed E-state index contributed by atoms with van der Waals surface area (Å²) in [5.41, 5.74) is 6.32. The second-order valence-electron chi connectivity index (χ2n) is 3.98. The number of nitrogens with two attached hydrogens (primary N) is 1. The zero-order valence-electron chi connectivity index (χ0n) is 10.1. The molecule has 1 heterocycles. The number of hydrogen-bond donors (Lipinski definition) is 1. The number of halogens is 1. The molecule has 0 unspecified atom stereocenters. The highest BCUT2D eigenvalue weighted by Gasteiger charge is 2.07. The van der Waals surface area contributed by atoms with Crippen LogP contribution in [-0.2, 0) is 0 Å². The molecule has 0 amide bonds. The van der Waals surface area contributed by atoms with E-state index in [1.165, 1.54) is 0 Å². The molecule has 0 fully saturated rings. The molecule has 0 aliphatic rings. The molecule has 0 aliphatic carbocycles. The van der Waals surface area contributed by atoms with Crippen LogP contribution >= 0.6 is 11.6 Å². The maximum atomic E-state index is 5.75. The van der Waals surface area contributed by atoms with Crippen LogP contribution in [0.25, 0.3) is 11.4 Å². The van der Waals surface area contributed by atoms with E-state index >= 15 is 0 Å². The number of nitrogen functional groups attached to an aromatic ring is 1. The zero-order chi connectivity index (χ0) is 13.1. The maximum absolute atomic E-state index is 5.75. The van der Waals surface area contributed by atoms with Gasteiger partial charge in [-0.25, -0.2) is 0 Å². The number of ether oxygens (including phenoxy) is 1. The van der Waals surface area contributed by atoms with Gasteiger partial charge in [-0.05, 0) is 37.6 Å². The molecule has 0 bridgehead atoms. The number of rotatable bonds is 3. The van der Waals surface area contributed by atoms with Gasteiger partial charge in [-0.15, -0.1) is 0 Å². The van der Waals surface area contributed by atoms with Crippen LogP contribution in [0.3, 0.4) is 0 Å². The van der Waals surface area contributed by atoms with E-state index < -0.39 is 0 Å². The Kier molecular flexibility index (Phi) is 3.62. The molecule has 5 nitrogen and oxygen atoms in total. The van der Waals surface area contributed by atoms with Crippen molar-refractivity contribution < 1.29 is 4.74 Å². The first-order chi connectivity index (χ1) is 8.54. The summed E-state index contributed by atoms with van der Waals surface area (Å²) in [7, 11) is 0. The molecule has 18 heavy (non-hydrogen) atoms. The SMILES string of the molecule is CC(C)Oc1cccc(-c2nc(N)nc(Cl)n2)c1. The first-order valence-corrected chi connectivity index (χ1v) is 5.86. The predicted octanol–water partition coefficient (Wildman–Crippen LogP) is 2.56. The standard InChI is InChI=1S/C12H13ClN4O/c1-7(2)18-9-5-3-4-8(6-9)10-15-11(13)17-12(14)16-10/h3-7H,1-2H3,(H2,14,15,16,17). The van der Waals surface area contributed by atoms with Crippen molar-refractivity contribution in [1.29, 1.82) is 0 Å². The van der Waals surface area contributed by atoms with Gasteiger partial charge in [0.05, 0.1) is 6.10 Å². The molecular weight excluding hydrogens is 252 g/mol. The van der Waals surface area contributed by atoms with E-state index in [1.807, 2.05) is 38.1 Å². The number of hydrogen-bond acceptors (Lipinski definition) is 5. The average Bonchev–Trinajstić information content (AvgIpc) is 2.27. The summed E-state index contributed by atoms with van der Waals surface area (Å²) in [5.74, 6) is 1.28. The van der Waals surface area contributed by atoms with Crippen molar-refractivity contribution in [2.24, 2.45) is 0 Å². The van der Waals surface area contributed by atoms with E-state index in [4.69, 9.17) is 22.1 Å². The highest BCUT2D eigenvalue weighted by atomic mass is 35.5. The summed E-state index contributed by atoms with van der Waals surface area (Å²) < 4.78 is 5.60. The molecule has 0 radical (unpaired) electrons. The lowest BCUT2D eigenvalue weighted by Gasteiger charge is -2.10. The van der Waals surface area contributed by atoms with Gasteiger partial charge >= 0.3 is 0 Å². The minimum Gasteiger partial charge on any atom is -0.491 e. The first-order valence-electron chi connectivity index (χ1n) is 5.49. The van der Waals surface area contributed by atoms with Crippen LogP contribution in [0.4, 0.5) is 5.95 Å². The minimum absolute atomic E-state index is 0.0766. The molecule has 0 saturated carbocycles. The van der Waals surface area contributed by atoms with Crippen LogP contribution in [0.2, 0.25) is 5.28 Å². The Morgan fingerprint density at radius 2 is 2.00 bits per heavy atom. The lowest BCUT2D eigenvalue weighted by Crippen LogP contribution is -2.05. The molecular formula is C12H13ClN4O. The molecule has 0 atom stereocenters. The number of benzene rings is 1. The van der Waals surface area contributed by atoms with E-state index in [0.717, 1.165) is 11.3 Å². The summed E-state index contributed by atoms with van der Waals surface area (Å²) in [6.45, 7) is 3.93. The summed E-state index contributed by atoms with van der Waals surface area (Å²) in [5, 5.41) is 0.0766. The van der Waals surface area contributed by atoms with Crippen LogP contribution in [0.5, 0.6) is 5.75 Å². The van der Waals surface area contributed by atoms with Crippen LogP contribution in [0.15, 0.2) is 24.3 Å².